The third-order valence-corrected chi connectivity index (χ3v) is 4.08. The number of amides is 1. The summed E-state index contributed by atoms with van der Waals surface area (Å²) >= 11 is 0. The number of carbonyl (C=O) groups excluding carboxylic acids is 1. The number of hydrogen-bond acceptors (Lipinski definition) is 5. The van der Waals surface area contributed by atoms with E-state index in [0.717, 1.165) is 22.9 Å². The lowest BCUT2D eigenvalue weighted by atomic mass is 10.1. The van der Waals surface area contributed by atoms with E-state index in [1.165, 1.54) is 0 Å². The molecule has 0 saturated heterocycles. The number of alkyl halides is 3. The Morgan fingerprint density at radius 3 is 2.62 bits per heavy atom. The summed E-state index contributed by atoms with van der Waals surface area (Å²) in [7, 11) is 0. The van der Waals surface area contributed by atoms with Gasteiger partial charge in [-0.1, -0.05) is 6.92 Å². The first-order valence-electron chi connectivity index (χ1n) is 8.70. The van der Waals surface area contributed by atoms with Gasteiger partial charge in [0.25, 0.3) is 5.56 Å². The van der Waals surface area contributed by atoms with Gasteiger partial charge in [0.2, 0.25) is 5.91 Å². The van der Waals surface area contributed by atoms with Crippen LogP contribution in [-0.2, 0) is 17.5 Å². The van der Waals surface area contributed by atoms with Crippen LogP contribution < -0.4 is 15.6 Å². The zero-order chi connectivity index (χ0) is 21.8. The van der Waals surface area contributed by atoms with Gasteiger partial charge in [-0.05, 0) is 44.0 Å². The molecule has 1 aromatic carbocycles. The Labute approximate surface area is 164 Å². The van der Waals surface area contributed by atoms with Crippen molar-refractivity contribution in [3.8, 4) is 11.8 Å². The molecular formula is C19H19F3N4O3. The lowest BCUT2D eigenvalue weighted by Gasteiger charge is -2.15. The predicted molar refractivity (Wildman–Crippen MR) is 98.5 cm³/mol. The van der Waals surface area contributed by atoms with Crippen LogP contribution in [0.25, 0.3) is 0 Å². The van der Waals surface area contributed by atoms with Crippen LogP contribution in [0.4, 0.5) is 18.9 Å². The molecule has 1 heterocycles. The monoisotopic (exact) mass is 408 g/mol. The average molecular weight is 408 g/mol. The number of hydrogen-bond donors (Lipinski definition) is 1. The van der Waals surface area contributed by atoms with E-state index in [-0.39, 0.29) is 23.6 Å². The molecule has 2 rings (SSSR count). The molecule has 0 bridgehead atoms. The van der Waals surface area contributed by atoms with Crippen molar-refractivity contribution in [3.05, 3.63) is 50.9 Å². The number of rotatable bonds is 6. The summed E-state index contributed by atoms with van der Waals surface area (Å²) in [5.41, 5.74) is -1.23. The maximum atomic E-state index is 13.0. The van der Waals surface area contributed by atoms with Crippen LogP contribution in [0.15, 0.2) is 23.0 Å². The van der Waals surface area contributed by atoms with Crippen molar-refractivity contribution >= 4 is 11.6 Å². The Morgan fingerprint density at radius 2 is 2.03 bits per heavy atom. The molecule has 0 aliphatic rings. The number of aryl methyl sites for hydroxylation is 1. The molecule has 0 unspecified atom stereocenters. The van der Waals surface area contributed by atoms with E-state index in [1.807, 2.05) is 6.92 Å². The molecular weight excluding hydrogens is 389 g/mol. The minimum atomic E-state index is -4.60. The first-order chi connectivity index (χ1) is 13.6. The highest BCUT2D eigenvalue weighted by Gasteiger charge is 2.31. The van der Waals surface area contributed by atoms with Crippen molar-refractivity contribution in [2.75, 3.05) is 11.9 Å². The number of carbonyl (C=O) groups is 1. The number of halogens is 3. The van der Waals surface area contributed by atoms with Gasteiger partial charge in [0.05, 0.1) is 23.6 Å². The van der Waals surface area contributed by atoms with E-state index in [9.17, 15) is 22.8 Å². The molecule has 0 aliphatic carbocycles. The van der Waals surface area contributed by atoms with Crippen LogP contribution in [0.1, 0.15) is 35.7 Å². The number of nitrogens with zero attached hydrogens (tertiary/aromatic N) is 3. The van der Waals surface area contributed by atoms with Crippen LogP contribution in [0.5, 0.6) is 5.75 Å². The molecule has 0 spiro atoms. The zero-order valence-electron chi connectivity index (χ0n) is 16.1. The minimum absolute atomic E-state index is 0.0753. The highest BCUT2D eigenvalue weighted by atomic mass is 19.4. The van der Waals surface area contributed by atoms with E-state index in [2.05, 4.69) is 10.4 Å². The Bertz CT molecular complexity index is 1020. The summed E-state index contributed by atoms with van der Waals surface area (Å²) in [6.07, 6.45) is -3.98. The molecule has 7 nitrogen and oxygen atoms in total. The summed E-state index contributed by atoms with van der Waals surface area (Å²) in [4.78, 5) is 24.7. The Hall–Kier alpha value is -3.35. The molecule has 154 valence electrons. The van der Waals surface area contributed by atoms with Crippen molar-refractivity contribution in [1.82, 2.24) is 9.78 Å². The van der Waals surface area contributed by atoms with Crippen LogP contribution in [0.3, 0.4) is 0 Å². The van der Waals surface area contributed by atoms with E-state index >= 15 is 0 Å². The Kier molecular flexibility index (Phi) is 6.64. The smallest absolute Gasteiger partial charge is 0.416 e. The summed E-state index contributed by atoms with van der Waals surface area (Å²) in [5.74, 6) is -0.710. The maximum absolute atomic E-state index is 13.0. The Morgan fingerprint density at radius 1 is 1.34 bits per heavy atom. The number of nitrogens with one attached hydrogen (secondary N) is 1. The topological polar surface area (TPSA) is 97.0 Å². The molecule has 29 heavy (non-hydrogen) atoms. The standard InChI is InChI=1S/C19H19F3N4O3/c1-4-7-29-16-6-5-13(19(20,21)22)8-15(16)24-17(27)10-26-18(28)14(9-23)11(2)12(3)25-26/h5-6,8H,4,7,10H2,1-3H3,(H,24,27). The first-order valence-corrected chi connectivity index (χ1v) is 8.70. The van der Waals surface area contributed by atoms with Gasteiger partial charge in [0, 0.05) is 0 Å². The summed E-state index contributed by atoms with van der Waals surface area (Å²) in [6, 6.07) is 4.52. The lowest BCUT2D eigenvalue weighted by Crippen LogP contribution is -2.32. The molecule has 1 aromatic heterocycles. The normalized spacial score (nSPS) is 11.1. The summed E-state index contributed by atoms with van der Waals surface area (Å²) in [6.45, 7) is 4.64. The van der Waals surface area contributed by atoms with Gasteiger partial charge in [-0.25, -0.2) is 4.68 Å². The van der Waals surface area contributed by atoms with Gasteiger partial charge in [-0.2, -0.15) is 23.5 Å². The largest absolute Gasteiger partial charge is 0.491 e. The second kappa shape index (κ2) is 8.77. The number of aromatic nitrogens is 2. The predicted octanol–water partition coefficient (Wildman–Crippen LogP) is 3.18. The quantitative estimate of drug-likeness (QED) is 0.792. The van der Waals surface area contributed by atoms with Crippen LogP contribution in [0.2, 0.25) is 0 Å². The number of benzene rings is 1. The summed E-state index contributed by atoms with van der Waals surface area (Å²) in [5, 5.41) is 15.4. The third kappa shape index (κ3) is 5.13. The van der Waals surface area contributed by atoms with E-state index in [0.29, 0.717) is 17.7 Å². The zero-order valence-corrected chi connectivity index (χ0v) is 16.1. The molecule has 0 saturated carbocycles. The van der Waals surface area contributed by atoms with Gasteiger partial charge >= 0.3 is 6.18 Å². The summed E-state index contributed by atoms with van der Waals surface area (Å²) < 4.78 is 45.2. The van der Waals surface area contributed by atoms with Crippen molar-refractivity contribution < 1.29 is 22.7 Å². The van der Waals surface area contributed by atoms with Gasteiger partial charge in [-0.3, -0.25) is 9.59 Å². The molecule has 0 radical (unpaired) electrons. The van der Waals surface area contributed by atoms with E-state index < -0.39 is 29.8 Å². The van der Waals surface area contributed by atoms with Gasteiger partial charge < -0.3 is 10.1 Å². The molecule has 2 aromatic rings. The highest BCUT2D eigenvalue weighted by molar-refractivity contribution is 5.92. The fourth-order valence-corrected chi connectivity index (χ4v) is 2.48. The van der Waals surface area contributed by atoms with Crippen LogP contribution >= 0.6 is 0 Å². The van der Waals surface area contributed by atoms with E-state index in [4.69, 9.17) is 10.00 Å². The highest BCUT2D eigenvalue weighted by Crippen LogP contribution is 2.35. The molecule has 1 amide bonds. The fraction of sp³-hybridized carbons (Fsp3) is 0.368. The fourth-order valence-electron chi connectivity index (χ4n) is 2.48. The van der Waals surface area contributed by atoms with Gasteiger partial charge in [0.15, 0.2) is 0 Å². The van der Waals surface area contributed by atoms with Crippen molar-refractivity contribution in [2.45, 2.75) is 39.9 Å². The molecule has 0 fully saturated rings. The second-order valence-electron chi connectivity index (χ2n) is 6.27. The van der Waals surface area contributed by atoms with Crippen LogP contribution in [0, 0.1) is 25.2 Å². The van der Waals surface area contributed by atoms with Crippen LogP contribution in [-0.4, -0.2) is 22.3 Å². The second-order valence-corrected chi connectivity index (χ2v) is 6.27. The molecule has 10 heteroatoms. The lowest BCUT2D eigenvalue weighted by molar-refractivity contribution is -0.137. The minimum Gasteiger partial charge on any atom is -0.491 e. The van der Waals surface area contributed by atoms with Gasteiger partial charge in [-0.15, -0.1) is 0 Å². The third-order valence-electron chi connectivity index (χ3n) is 4.08. The van der Waals surface area contributed by atoms with Crippen molar-refractivity contribution in [3.63, 3.8) is 0 Å². The maximum Gasteiger partial charge on any atom is 0.416 e. The SMILES string of the molecule is CCCOc1ccc(C(F)(F)F)cc1NC(=O)Cn1nc(C)c(C)c(C#N)c1=O. The Balaban J connectivity index is 2.34. The van der Waals surface area contributed by atoms with Gasteiger partial charge in [0.1, 0.15) is 23.9 Å². The average Bonchev–Trinajstić information content (AvgIpc) is 2.64. The van der Waals surface area contributed by atoms with Crippen molar-refractivity contribution in [2.24, 2.45) is 0 Å². The molecule has 0 aliphatic heterocycles. The first kappa shape index (κ1) is 21.9. The molecule has 0 atom stereocenters. The van der Waals surface area contributed by atoms with Crippen molar-refractivity contribution in [1.29, 1.82) is 5.26 Å². The number of nitriles is 1. The van der Waals surface area contributed by atoms with E-state index in [1.54, 1.807) is 19.9 Å². The molecule has 1 N–H and O–H groups in total. The number of anilines is 1. The number of ether oxygens (including phenoxy) is 1.